The zero-order valence-electron chi connectivity index (χ0n) is 9.91. The molecule has 7 nitrogen and oxygen atoms in total. The summed E-state index contributed by atoms with van der Waals surface area (Å²) in [6.45, 7) is 0. The zero-order valence-corrected chi connectivity index (χ0v) is 9.91. The molecule has 1 aromatic carbocycles. The van der Waals surface area contributed by atoms with Gasteiger partial charge in [0.05, 0.1) is 23.0 Å². The van der Waals surface area contributed by atoms with Crippen LogP contribution in [0.2, 0.25) is 0 Å². The molecule has 0 amide bonds. The lowest BCUT2D eigenvalue weighted by Gasteiger charge is -2.06. The molecular formula is C12H11N7. The van der Waals surface area contributed by atoms with E-state index in [0.717, 1.165) is 11.0 Å². The van der Waals surface area contributed by atoms with Gasteiger partial charge in [-0.2, -0.15) is 0 Å². The summed E-state index contributed by atoms with van der Waals surface area (Å²) in [5, 5.41) is 15.6. The van der Waals surface area contributed by atoms with E-state index in [-0.39, 0.29) is 11.7 Å². The summed E-state index contributed by atoms with van der Waals surface area (Å²) >= 11 is 0. The number of nitrogens with zero attached hydrogens (tertiary/aromatic N) is 4. The minimum Gasteiger partial charge on any atom is -0.384 e. The smallest absolute Gasteiger partial charge is 0.134 e. The molecule has 0 atom stereocenters. The molecule has 3 rings (SSSR count). The van der Waals surface area contributed by atoms with Crippen LogP contribution in [0.5, 0.6) is 0 Å². The third-order valence-corrected chi connectivity index (χ3v) is 2.79. The lowest BCUT2D eigenvalue weighted by molar-refractivity contribution is 0.820. The summed E-state index contributed by atoms with van der Waals surface area (Å²) in [6, 6.07) is 9.24. The number of hydrogen-bond acceptors (Lipinski definition) is 5. The minimum atomic E-state index is -0.128. The van der Waals surface area contributed by atoms with E-state index in [9.17, 15) is 0 Å². The highest BCUT2D eigenvalue weighted by Crippen LogP contribution is 2.18. The third kappa shape index (κ3) is 1.77. The van der Waals surface area contributed by atoms with Gasteiger partial charge in [-0.25, -0.2) is 9.67 Å². The molecule has 0 unspecified atom stereocenters. The summed E-state index contributed by atoms with van der Waals surface area (Å²) in [5.41, 5.74) is 13.8. The Morgan fingerprint density at radius 3 is 2.84 bits per heavy atom. The quantitative estimate of drug-likeness (QED) is 0.458. The third-order valence-electron chi connectivity index (χ3n) is 2.79. The van der Waals surface area contributed by atoms with E-state index in [2.05, 4.69) is 15.3 Å². The normalized spacial score (nSPS) is 10.7. The van der Waals surface area contributed by atoms with Crippen molar-refractivity contribution < 1.29 is 0 Å². The van der Waals surface area contributed by atoms with Gasteiger partial charge in [0.15, 0.2) is 0 Å². The summed E-state index contributed by atoms with van der Waals surface area (Å²) in [5.74, 6) is 0.0944. The van der Waals surface area contributed by atoms with Gasteiger partial charge in [-0.15, -0.1) is 5.10 Å². The number of para-hydroxylation sites is 1. The molecule has 3 aromatic rings. The first-order chi connectivity index (χ1) is 9.16. The highest BCUT2D eigenvalue weighted by Gasteiger charge is 2.10. The second-order valence-electron chi connectivity index (χ2n) is 4.03. The van der Waals surface area contributed by atoms with Crippen molar-refractivity contribution in [2.24, 2.45) is 5.73 Å². The van der Waals surface area contributed by atoms with Gasteiger partial charge >= 0.3 is 0 Å². The van der Waals surface area contributed by atoms with Gasteiger partial charge in [-0.3, -0.25) is 5.41 Å². The van der Waals surface area contributed by atoms with Crippen LogP contribution in [0.25, 0.3) is 16.7 Å². The second kappa shape index (κ2) is 4.05. The van der Waals surface area contributed by atoms with Crippen LogP contribution in [0.1, 0.15) is 5.56 Å². The number of fused-ring (bicyclic) bond motifs is 1. The molecular weight excluding hydrogens is 242 g/mol. The topological polar surface area (TPSA) is 119 Å². The number of anilines is 1. The monoisotopic (exact) mass is 253 g/mol. The maximum absolute atomic E-state index is 7.47. The first-order valence-corrected chi connectivity index (χ1v) is 5.57. The van der Waals surface area contributed by atoms with Crippen molar-refractivity contribution >= 4 is 22.7 Å². The van der Waals surface area contributed by atoms with Crippen molar-refractivity contribution in [3.63, 3.8) is 0 Å². The van der Waals surface area contributed by atoms with E-state index in [1.54, 1.807) is 16.9 Å². The van der Waals surface area contributed by atoms with E-state index in [1.807, 2.05) is 24.3 Å². The van der Waals surface area contributed by atoms with E-state index >= 15 is 0 Å². The number of hydrogen-bond donors (Lipinski definition) is 3. The molecule has 0 aliphatic rings. The van der Waals surface area contributed by atoms with E-state index in [4.69, 9.17) is 16.9 Å². The first-order valence-electron chi connectivity index (χ1n) is 5.57. The molecule has 2 heterocycles. The molecule has 0 fully saturated rings. The average molecular weight is 253 g/mol. The number of benzene rings is 1. The molecule has 19 heavy (non-hydrogen) atoms. The van der Waals surface area contributed by atoms with Crippen molar-refractivity contribution in [2.75, 3.05) is 5.73 Å². The standard InChI is InChI=1S/C12H11N7/c13-11(14)8-5-7(6-16-12(8)15)19-10-4-2-1-3-9(10)17-18-19/h1-6H,(H3,13,14)(H2,15,16). The molecule has 0 spiro atoms. The Hall–Kier alpha value is -2.96. The lowest BCUT2D eigenvalue weighted by atomic mass is 10.2. The molecule has 0 aliphatic carbocycles. The Morgan fingerprint density at radius 2 is 2.05 bits per heavy atom. The van der Waals surface area contributed by atoms with Crippen LogP contribution in [0.15, 0.2) is 36.5 Å². The van der Waals surface area contributed by atoms with Gasteiger partial charge in [0.25, 0.3) is 0 Å². The number of pyridine rings is 1. The predicted molar refractivity (Wildman–Crippen MR) is 72.1 cm³/mol. The van der Waals surface area contributed by atoms with Crippen LogP contribution in [0.4, 0.5) is 5.82 Å². The summed E-state index contributed by atoms with van der Waals surface area (Å²) in [6.07, 6.45) is 1.57. The Bertz CT molecular complexity index is 775. The summed E-state index contributed by atoms with van der Waals surface area (Å²) in [7, 11) is 0. The van der Waals surface area contributed by atoms with Crippen LogP contribution >= 0.6 is 0 Å². The maximum atomic E-state index is 7.47. The Morgan fingerprint density at radius 1 is 1.26 bits per heavy atom. The van der Waals surface area contributed by atoms with Gasteiger partial charge in [-0.05, 0) is 18.2 Å². The fourth-order valence-electron chi connectivity index (χ4n) is 1.86. The minimum absolute atomic E-state index is 0.128. The van der Waals surface area contributed by atoms with Crippen LogP contribution in [-0.4, -0.2) is 25.8 Å². The van der Waals surface area contributed by atoms with E-state index in [0.29, 0.717) is 11.3 Å². The summed E-state index contributed by atoms with van der Waals surface area (Å²) < 4.78 is 1.63. The van der Waals surface area contributed by atoms with Gasteiger partial charge in [0, 0.05) is 0 Å². The molecule has 0 saturated carbocycles. The number of aromatic nitrogens is 4. The fourth-order valence-corrected chi connectivity index (χ4v) is 1.86. The Kier molecular flexibility index (Phi) is 2.38. The molecule has 0 saturated heterocycles. The highest BCUT2D eigenvalue weighted by molar-refractivity contribution is 5.99. The summed E-state index contributed by atoms with van der Waals surface area (Å²) in [4.78, 5) is 4.03. The van der Waals surface area contributed by atoms with Crippen molar-refractivity contribution in [1.29, 1.82) is 5.41 Å². The molecule has 5 N–H and O–H groups in total. The van der Waals surface area contributed by atoms with Gasteiger partial charge < -0.3 is 11.5 Å². The van der Waals surface area contributed by atoms with Crippen LogP contribution in [0.3, 0.4) is 0 Å². The number of nitrogens with two attached hydrogens (primary N) is 2. The highest BCUT2D eigenvalue weighted by atomic mass is 15.4. The Balaban J connectivity index is 2.22. The van der Waals surface area contributed by atoms with Crippen LogP contribution in [-0.2, 0) is 0 Å². The molecule has 0 aliphatic heterocycles. The molecule has 2 aromatic heterocycles. The van der Waals surface area contributed by atoms with Crippen molar-refractivity contribution in [2.45, 2.75) is 0 Å². The maximum Gasteiger partial charge on any atom is 0.134 e. The SMILES string of the molecule is N=C(N)c1cc(-n2nnc3ccccc32)cnc1N. The van der Waals surface area contributed by atoms with Crippen LogP contribution < -0.4 is 11.5 Å². The zero-order chi connectivity index (χ0) is 13.4. The number of amidine groups is 1. The Labute approximate surface area is 108 Å². The number of nitrogen functional groups attached to an aromatic ring is 2. The van der Waals surface area contributed by atoms with Gasteiger partial charge in [0.2, 0.25) is 0 Å². The molecule has 0 bridgehead atoms. The lowest BCUT2D eigenvalue weighted by Crippen LogP contribution is -2.15. The van der Waals surface area contributed by atoms with Gasteiger partial charge in [-0.1, -0.05) is 17.3 Å². The van der Waals surface area contributed by atoms with E-state index < -0.39 is 0 Å². The largest absolute Gasteiger partial charge is 0.384 e. The second-order valence-corrected chi connectivity index (χ2v) is 4.03. The predicted octanol–water partition coefficient (Wildman–Crippen LogP) is 0.682. The van der Waals surface area contributed by atoms with Crippen molar-refractivity contribution in [3.05, 3.63) is 42.1 Å². The number of nitrogens with one attached hydrogen (secondary N) is 1. The first kappa shape index (κ1) is 11.1. The van der Waals surface area contributed by atoms with Crippen LogP contribution in [0, 0.1) is 5.41 Å². The fraction of sp³-hybridized carbons (Fsp3) is 0. The average Bonchev–Trinajstić information content (AvgIpc) is 2.83. The van der Waals surface area contributed by atoms with E-state index in [1.165, 1.54) is 0 Å². The molecule has 0 radical (unpaired) electrons. The molecule has 7 heteroatoms. The van der Waals surface area contributed by atoms with Crippen molar-refractivity contribution in [3.8, 4) is 5.69 Å². The van der Waals surface area contributed by atoms with Crippen molar-refractivity contribution in [1.82, 2.24) is 20.0 Å². The number of rotatable bonds is 2. The molecule has 94 valence electrons. The van der Waals surface area contributed by atoms with Gasteiger partial charge in [0.1, 0.15) is 17.2 Å².